The summed E-state index contributed by atoms with van der Waals surface area (Å²) in [5, 5.41) is 12.0. The smallest absolute Gasteiger partial charge is 0.263 e. The molecule has 35 heavy (non-hydrogen) atoms. The molecule has 0 spiro atoms. The van der Waals surface area contributed by atoms with Crippen LogP contribution in [-0.4, -0.2) is 47.8 Å². The predicted molar refractivity (Wildman–Crippen MR) is 131 cm³/mol. The van der Waals surface area contributed by atoms with E-state index in [1.807, 2.05) is 6.07 Å². The summed E-state index contributed by atoms with van der Waals surface area (Å²) in [7, 11) is -3.67. The van der Waals surface area contributed by atoms with Gasteiger partial charge in [0.25, 0.3) is 10.0 Å². The van der Waals surface area contributed by atoms with E-state index in [0.717, 1.165) is 5.39 Å². The van der Waals surface area contributed by atoms with Crippen LogP contribution in [0.5, 0.6) is 0 Å². The number of benzene rings is 2. The normalized spacial score (nSPS) is 12.8. The van der Waals surface area contributed by atoms with Crippen molar-refractivity contribution in [1.29, 1.82) is 0 Å². The summed E-state index contributed by atoms with van der Waals surface area (Å²) in [5.41, 5.74) is 1.24. The van der Waals surface area contributed by atoms with E-state index in [0.29, 0.717) is 16.2 Å². The van der Waals surface area contributed by atoms with Crippen molar-refractivity contribution in [2.24, 2.45) is 0 Å². The van der Waals surface area contributed by atoms with Crippen LogP contribution in [-0.2, 0) is 22.4 Å². The first-order valence-electron chi connectivity index (χ1n) is 9.77. The Hall–Kier alpha value is -3.12. The number of hydrogen-bond acceptors (Lipinski definition) is 7. The standard InChI is InChI=1S/C13H10ClN3O2S.C8H10AsNO5/c14-11-8-16-13-10(11)4-1-5-12(13)17-20(18,19)9-3-2-6-15-7-9;1-6(11)10-8-5-3-2-4-7(8)9(12,13)15-14/h1-8,16-17H;2-5,14H,1H3,(H,10,11)(H,12,13). The summed E-state index contributed by atoms with van der Waals surface area (Å²) in [6.07, 6.45) is 4.43. The molecule has 1 unspecified atom stereocenters. The molecule has 4 rings (SSSR count). The Kier molecular flexibility index (Phi) is 8.38. The minimum absolute atomic E-state index is 0.103. The number of sulfonamides is 1. The number of H-pyrrole nitrogens is 1. The van der Waals surface area contributed by atoms with Gasteiger partial charge in [0.2, 0.25) is 0 Å². The van der Waals surface area contributed by atoms with Gasteiger partial charge in [-0.25, -0.2) is 8.42 Å². The van der Waals surface area contributed by atoms with Crippen LogP contribution in [0.3, 0.4) is 0 Å². The van der Waals surface area contributed by atoms with E-state index in [-0.39, 0.29) is 20.8 Å². The Morgan fingerprint density at radius 2 is 1.83 bits per heavy atom. The van der Waals surface area contributed by atoms with Crippen LogP contribution >= 0.6 is 11.6 Å². The number of aromatic amines is 1. The average molecular weight is 583 g/mol. The van der Waals surface area contributed by atoms with Crippen molar-refractivity contribution in [2.75, 3.05) is 10.0 Å². The third-order valence-corrected chi connectivity index (χ3v) is 8.71. The van der Waals surface area contributed by atoms with E-state index in [2.05, 4.69) is 23.9 Å². The van der Waals surface area contributed by atoms with Crippen molar-refractivity contribution in [3.63, 3.8) is 0 Å². The maximum absolute atomic E-state index is 12.3. The second-order valence-electron chi connectivity index (χ2n) is 6.96. The maximum Gasteiger partial charge on any atom is 0.263 e. The van der Waals surface area contributed by atoms with Crippen molar-refractivity contribution in [1.82, 2.24) is 9.97 Å². The zero-order valence-corrected chi connectivity index (χ0v) is 21.5. The van der Waals surface area contributed by atoms with Crippen LogP contribution in [0.15, 0.2) is 78.1 Å². The molecule has 0 saturated carbocycles. The summed E-state index contributed by atoms with van der Waals surface area (Å²) in [4.78, 5) is 17.7. The van der Waals surface area contributed by atoms with Gasteiger partial charge in [0.05, 0.1) is 16.2 Å². The molecule has 0 radical (unpaired) electrons. The van der Waals surface area contributed by atoms with Gasteiger partial charge in [-0.3, -0.25) is 9.71 Å². The molecular weight excluding hydrogens is 563 g/mol. The molecule has 5 N–H and O–H groups in total. The molecule has 4 aromatic rings. The number of fused-ring (bicyclic) bond motifs is 1. The Labute approximate surface area is 208 Å². The van der Waals surface area contributed by atoms with Crippen LogP contribution in [0.25, 0.3) is 10.9 Å². The molecule has 0 bridgehead atoms. The summed E-state index contributed by atoms with van der Waals surface area (Å²) in [5.74, 6) is -0.379. The molecule has 184 valence electrons. The molecule has 1 atom stereocenters. The van der Waals surface area contributed by atoms with Crippen molar-refractivity contribution >= 4 is 68.3 Å². The molecule has 0 aliphatic rings. The second kappa shape index (κ2) is 11.1. The Bertz CT molecular complexity index is 1500. The SMILES string of the molecule is CC(=O)Nc1ccccc1[As](=O)(O)OO.O=S(=O)(Nc1cccc2c(Cl)c[nH]c12)c1cccnc1. The molecule has 0 aliphatic carbocycles. The number of amides is 1. The monoisotopic (exact) mass is 582 g/mol. The van der Waals surface area contributed by atoms with E-state index in [9.17, 15) is 21.0 Å². The van der Waals surface area contributed by atoms with Crippen LogP contribution in [0.1, 0.15) is 6.92 Å². The zero-order chi connectivity index (χ0) is 25.6. The van der Waals surface area contributed by atoms with Gasteiger partial charge in [0.1, 0.15) is 4.90 Å². The van der Waals surface area contributed by atoms with Crippen molar-refractivity contribution in [3.05, 3.63) is 78.2 Å². The first-order chi connectivity index (χ1) is 16.5. The van der Waals surface area contributed by atoms with Crippen molar-refractivity contribution in [2.45, 2.75) is 11.8 Å². The van der Waals surface area contributed by atoms with E-state index < -0.39 is 24.2 Å². The van der Waals surface area contributed by atoms with E-state index in [1.54, 1.807) is 30.5 Å². The van der Waals surface area contributed by atoms with Gasteiger partial charge in [0, 0.05) is 24.0 Å². The summed E-state index contributed by atoms with van der Waals surface area (Å²) in [6.45, 7) is 1.27. The fraction of sp³-hybridized carbons (Fsp3) is 0.0476. The van der Waals surface area contributed by atoms with Gasteiger partial charge < -0.3 is 4.98 Å². The van der Waals surface area contributed by atoms with Crippen molar-refractivity contribution < 1.29 is 30.2 Å². The Morgan fingerprint density at radius 3 is 2.49 bits per heavy atom. The van der Waals surface area contributed by atoms with Gasteiger partial charge in [-0.05, 0) is 18.2 Å². The Balaban J connectivity index is 0.000000205. The molecule has 2 aromatic heterocycles. The van der Waals surface area contributed by atoms with Gasteiger partial charge in [-0.15, -0.1) is 0 Å². The number of pyridine rings is 1. The summed E-state index contributed by atoms with van der Waals surface area (Å²) >= 11 is 1.09. The van der Waals surface area contributed by atoms with Crippen LogP contribution < -0.4 is 14.4 Å². The third kappa shape index (κ3) is 6.51. The fourth-order valence-electron chi connectivity index (χ4n) is 2.97. The first kappa shape index (κ1) is 26.5. The van der Waals surface area contributed by atoms with Gasteiger partial charge in [0.15, 0.2) is 0 Å². The minimum atomic E-state index is -4.92. The predicted octanol–water partition coefficient (Wildman–Crippen LogP) is 2.72. The van der Waals surface area contributed by atoms with E-state index >= 15 is 0 Å². The number of para-hydroxylation sites is 2. The number of carbonyl (C=O) groups excluding carboxylic acids is 1. The first-order valence-corrected chi connectivity index (χ1v) is 14.9. The number of hydrogen-bond donors (Lipinski definition) is 5. The number of nitrogens with one attached hydrogen (secondary N) is 3. The molecular formula is C21H20AsClN4O7S. The zero-order valence-electron chi connectivity index (χ0n) is 18.0. The fourth-order valence-corrected chi connectivity index (χ4v) is 5.89. The largest absolute Gasteiger partial charge is 0.358 e. The molecule has 14 heteroatoms. The van der Waals surface area contributed by atoms with Gasteiger partial charge >= 0.3 is 88.4 Å². The second-order valence-corrected chi connectivity index (χ2v) is 12.6. The molecule has 11 nitrogen and oxygen atoms in total. The molecule has 0 aliphatic heterocycles. The Morgan fingerprint density at radius 1 is 1.11 bits per heavy atom. The molecule has 1 amide bonds. The molecule has 2 aromatic carbocycles. The quantitative estimate of drug-likeness (QED) is 0.131. The minimum Gasteiger partial charge on any atom is -0.358 e. The molecule has 0 saturated heterocycles. The van der Waals surface area contributed by atoms with Crippen LogP contribution in [0.2, 0.25) is 5.02 Å². The average Bonchev–Trinajstić information content (AvgIpc) is 3.22. The molecule has 0 fully saturated rings. The summed E-state index contributed by atoms with van der Waals surface area (Å²) in [6, 6.07) is 14.1. The third-order valence-electron chi connectivity index (χ3n) is 4.48. The topological polar surface area (TPSA) is 171 Å². The van der Waals surface area contributed by atoms with Gasteiger partial charge in [-0.2, -0.15) is 0 Å². The van der Waals surface area contributed by atoms with Crippen molar-refractivity contribution in [3.8, 4) is 0 Å². The van der Waals surface area contributed by atoms with Crippen LogP contribution in [0, 0.1) is 0 Å². The molecule has 2 heterocycles. The van der Waals surface area contributed by atoms with E-state index in [1.165, 1.54) is 43.6 Å². The van der Waals surface area contributed by atoms with Gasteiger partial charge in [-0.1, -0.05) is 23.7 Å². The van der Waals surface area contributed by atoms with E-state index in [4.69, 9.17) is 16.9 Å². The maximum atomic E-state index is 12.3. The number of halogens is 1. The number of nitrogens with zero attached hydrogens (tertiary/aromatic N) is 1. The number of carbonyl (C=O) groups is 1. The number of anilines is 2. The number of rotatable bonds is 6. The van der Waals surface area contributed by atoms with Crippen LogP contribution in [0.4, 0.5) is 11.4 Å². The summed E-state index contributed by atoms with van der Waals surface area (Å²) < 4.78 is 51.2. The number of aromatic nitrogens is 2.